The molecule has 2 heteroatoms. The molecule has 0 aromatic rings. The molecule has 1 nitrogen and oxygen atoms in total. The largest absolute Gasteiger partial charge is 0.327 e. The fraction of sp³-hybridized carbons (Fsp3) is 1.00. The van der Waals surface area contributed by atoms with Gasteiger partial charge in [-0.15, -0.1) is 12.4 Å². The first-order valence-electron chi connectivity index (χ1n) is 4.72. The second kappa shape index (κ2) is 2.62. The summed E-state index contributed by atoms with van der Waals surface area (Å²) in [5, 5.41) is 0. The first kappa shape index (κ1) is 10.3. The first-order chi connectivity index (χ1) is 4.97. The van der Waals surface area contributed by atoms with E-state index in [1.54, 1.807) is 0 Å². The Balaban J connectivity index is 0.000000720. The van der Waals surface area contributed by atoms with Crippen LogP contribution in [0.3, 0.4) is 0 Å². The van der Waals surface area contributed by atoms with Crippen LogP contribution in [0.2, 0.25) is 0 Å². The first-order valence-corrected chi connectivity index (χ1v) is 4.72. The number of hydrogen-bond donors (Lipinski definition) is 1. The van der Waals surface area contributed by atoms with Crippen LogP contribution in [0.5, 0.6) is 0 Å². The van der Waals surface area contributed by atoms with E-state index in [-0.39, 0.29) is 12.4 Å². The fourth-order valence-corrected chi connectivity index (χ4v) is 3.34. The SMILES string of the molecule is CC1(C)C2CC[C@](C)(C2)C1N.Cl. The van der Waals surface area contributed by atoms with Gasteiger partial charge in [0.2, 0.25) is 0 Å². The lowest BCUT2D eigenvalue weighted by atomic mass is 9.69. The second-order valence-electron chi connectivity index (χ2n) is 5.39. The molecule has 0 saturated heterocycles. The summed E-state index contributed by atoms with van der Waals surface area (Å²) in [5.41, 5.74) is 7.12. The Morgan fingerprint density at radius 1 is 1.25 bits per heavy atom. The van der Waals surface area contributed by atoms with Crippen molar-refractivity contribution >= 4 is 12.4 Å². The molecule has 2 aliphatic rings. The van der Waals surface area contributed by atoms with Crippen molar-refractivity contribution in [2.45, 2.75) is 46.1 Å². The van der Waals surface area contributed by atoms with E-state index in [1.165, 1.54) is 19.3 Å². The highest BCUT2D eigenvalue weighted by Crippen LogP contribution is 2.61. The molecule has 0 radical (unpaired) electrons. The quantitative estimate of drug-likeness (QED) is 0.623. The summed E-state index contributed by atoms with van der Waals surface area (Å²) < 4.78 is 0. The van der Waals surface area contributed by atoms with Crippen molar-refractivity contribution in [1.29, 1.82) is 0 Å². The summed E-state index contributed by atoms with van der Waals surface area (Å²) in [5.74, 6) is 0.905. The number of halogens is 1. The highest BCUT2D eigenvalue weighted by molar-refractivity contribution is 5.85. The van der Waals surface area contributed by atoms with E-state index in [0.29, 0.717) is 16.9 Å². The lowest BCUT2D eigenvalue weighted by Gasteiger charge is -2.40. The number of nitrogens with two attached hydrogens (primary N) is 1. The average Bonchev–Trinajstić information content (AvgIpc) is 2.36. The van der Waals surface area contributed by atoms with Gasteiger partial charge in [0.1, 0.15) is 0 Å². The van der Waals surface area contributed by atoms with Gasteiger partial charge in [0, 0.05) is 6.04 Å². The Bertz CT molecular complexity index is 186. The number of hydrogen-bond acceptors (Lipinski definition) is 1. The molecule has 72 valence electrons. The Morgan fingerprint density at radius 3 is 2.08 bits per heavy atom. The standard InChI is InChI=1S/C10H19N.ClH/c1-9(2)7-4-5-10(3,6-7)8(9)11;/h7-8H,4-6,11H2,1-3H3;1H/t7?,8?,10-;/m1./s1. The highest BCUT2D eigenvalue weighted by atomic mass is 35.5. The molecule has 0 aliphatic heterocycles. The van der Waals surface area contributed by atoms with Gasteiger partial charge in [-0.3, -0.25) is 0 Å². The molecule has 2 rings (SSSR count). The summed E-state index contributed by atoms with van der Waals surface area (Å²) in [6.45, 7) is 7.05. The Hall–Kier alpha value is 0.250. The maximum absolute atomic E-state index is 6.23. The zero-order chi connectivity index (χ0) is 8.28. The van der Waals surface area contributed by atoms with Crippen LogP contribution in [0, 0.1) is 16.7 Å². The molecule has 0 aromatic heterocycles. The minimum atomic E-state index is 0. The zero-order valence-corrected chi connectivity index (χ0v) is 9.08. The number of rotatable bonds is 0. The third kappa shape index (κ3) is 1.03. The molecule has 0 heterocycles. The molecule has 0 spiro atoms. The van der Waals surface area contributed by atoms with Crippen molar-refractivity contribution < 1.29 is 0 Å². The maximum atomic E-state index is 6.23. The molecule has 0 amide bonds. The summed E-state index contributed by atoms with van der Waals surface area (Å²) in [4.78, 5) is 0. The molecular formula is C10H20ClN. The topological polar surface area (TPSA) is 26.0 Å². The van der Waals surface area contributed by atoms with Crippen LogP contribution in [0.1, 0.15) is 40.0 Å². The van der Waals surface area contributed by atoms with E-state index in [9.17, 15) is 0 Å². The minimum absolute atomic E-state index is 0. The van der Waals surface area contributed by atoms with Gasteiger partial charge in [-0.1, -0.05) is 20.8 Å². The molecule has 2 bridgehead atoms. The van der Waals surface area contributed by atoms with E-state index in [0.717, 1.165) is 5.92 Å². The fourth-order valence-electron chi connectivity index (χ4n) is 3.34. The predicted molar refractivity (Wildman–Crippen MR) is 54.5 cm³/mol. The van der Waals surface area contributed by atoms with Crippen molar-refractivity contribution in [3.8, 4) is 0 Å². The van der Waals surface area contributed by atoms with Crippen LogP contribution in [0.15, 0.2) is 0 Å². The predicted octanol–water partition coefficient (Wildman–Crippen LogP) is 2.58. The van der Waals surface area contributed by atoms with E-state index in [4.69, 9.17) is 5.73 Å². The summed E-state index contributed by atoms with van der Waals surface area (Å²) in [7, 11) is 0. The van der Waals surface area contributed by atoms with Gasteiger partial charge in [-0.05, 0) is 36.0 Å². The smallest absolute Gasteiger partial charge is 0.0147 e. The molecule has 2 saturated carbocycles. The lowest BCUT2D eigenvalue weighted by molar-refractivity contribution is 0.141. The molecular weight excluding hydrogens is 170 g/mol. The third-order valence-corrected chi connectivity index (χ3v) is 4.38. The van der Waals surface area contributed by atoms with Gasteiger partial charge in [-0.25, -0.2) is 0 Å². The molecule has 2 unspecified atom stereocenters. The van der Waals surface area contributed by atoms with Crippen LogP contribution in [0.25, 0.3) is 0 Å². The van der Waals surface area contributed by atoms with Crippen LogP contribution in [-0.2, 0) is 0 Å². The van der Waals surface area contributed by atoms with E-state index in [1.807, 2.05) is 0 Å². The molecule has 2 fully saturated rings. The van der Waals surface area contributed by atoms with Gasteiger partial charge in [0.15, 0.2) is 0 Å². The zero-order valence-electron chi connectivity index (χ0n) is 8.26. The Kier molecular flexibility index (Phi) is 2.25. The second-order valence-corrected chi connectivity index (χ2v) is 5.39. The third-order valence-electron chi connectivity index (χ3n) is 4.38. The molecule has 12 heavy (non-hydrogen) atoms. The Labute approximate surface area is 81.5 Å². The van der Waals surface area contributed by atoms with E-state index in [2.05, 4.69) is 20.8 Å². The lowest BCUT2D eigenvalue weighted by Crippen LogP contribution is -2.46. The number of fused-ring (bicyclic) bond motifs is 2. The monoisotopic (exact) mass is 189 g/mol. The Morgan fingerprint density at radius 2 is 1.83 bits per heavy atom. The van der Waals surface area contributed by atoms with Gasteiger partial charge < -0.3 is 5.73 Å². The summed E-state index contributed by atoms with van der Waals surface area (Å²) >= 11 is 0. The van der Waals surface area contributed by atoms with E-state index >= 15 is 0 Å². The van der Waals surface area contributed by atoms with Gasteiger partial charge in [-0.2, -0.15) is 0 Å². The average molecular weight is 190 g/mol. The van der Waals surface area contributed by atoms with Crippen LogP contribution >= 0.6 is 12.4 Å². The van der Waals surface area contributed by atoms with Gasteiger partial charge >= 0.3 is 0 Å². The van der Waals surface area contributed by atoms with Crippen LogP contribution in [-0.4, -0.2) is 6.04 Å². The normalized spacial score (nSPS) is 49.0. The van der Waals surface area contributed by atoms with Crippen molar-refractivity contribution in [1.82, 2.24) is 0 Å². The molecule has 2 N–H and O–H groups in total. The summed E-state index contributed by atoms with van der Waals surface area (Å²) in [6, 6.07) is 0.439. The van der Waals surface area contributed by atoms with Gasteiger partial charge in [0.05, 0.1) is 0 Å². The van der Waals surface area contributed by atoms with Crippen LogP contribution in [0.4, 0.5) is 0 Å². The molecule has 0 aromatic carbocycles. The van der Waals surface area contributed by atoms with E-state index < -0.39 is 0 Å². The van der Waals surface area contributed by atoms with Crippen molar-refractivity contribution in [3.05, 3.63) is 0 Å². The van der Waals surface area contributed by atoms with Crippen molar-refractivity contribution in [2.75, 3.05) is 0 Å². The van der Waals surface area contributed by atoms with Crippen molar-refractivity contribution in [2.24, 2.45) is 22.5 Å². The summed E-state index contributed by atoms with van der Waals surface area (Å²) in [6.07, 6.45) is 4.15. The maximum Gasteiger partial charge on any atom is 0.0147 e. The molecule has 3 atom stereocenters. The van der Waals surface area contributed by atoms with Crippen molar-refractivity contribution in [3.63, 3.8) is 0 Å². The minimum Gasteiger partial charge on any atom is -0.327 e. The molecule has 2 aliphatic carbocycles. The van der Waals surface area contributed by atoms with Gasteiger partial charge in [0.25, 0.3) is 0 Å². The van der Waals surface area contributed by atoms with Crippen LogP contribution < -0.4 is 5.73 Å². The highest BCUT2D eigenvalue weighted by Gasteiger charge is 2.57.